The van der Waals surface area contributed by atoms with E-state index >= 15 is 0 Å². The Balaban J connectivity index is 2.05. The van der Waals surface area contributed by atoms with E-state index in [1.165, 1.54) is 57.4 Å². The zero-order chi connectivity index (χ0) is 17.7. The van der Waals surface area contributed by atoms with Crippen molar-refractivity contribution in [1.29, 1.82) is 0 Å². The largest absolute Gasteiger partial charge is 0.296 e. The van der Waals surface area contributed by atoms with E-state index in [0.29, 0.717) is 6.61 Å². The molecule has 0 unspecified atom stereocenters. The third-order valence-corrected chi connectivity index (χ3v) is 4.86. The molecule has 0 aliphatic carbocycles. The SMILES string of the molecule is CCCCCCCCCCCCONc1ccccc1S(=O)(=O)O. The minimum absolute atomic E-state index is 0.173. The highest BCUT2D eigenvalue weighted by molar-refractivity contribution is 7.86. The van der Waals surface area contributed by atoms with Gasteiger partial charge in [0.25, 0.3) is 10.1 Å². The van der Waals surface area contributed by atoms with Crippen molar-refractivity contribution >= 4 is 15.8 Å². The van der Waals surface area contributed by atoms with E-state index < -0.39 is 10.1 Å². The fourth-order valence-electron chi connectivity index (χ4n) is 2.57. The Morgan fingerprint density at radius 2 is 1.46 bits per heavy atom. The van der Waals surface area contributed by atoms with Gasteiger partial charge in [0.2, 0.25) is 0 Å². The van der Waals surface area contributed by atoms with Gasteiger partial charge in [-0.1, -0.05) is 76.8 Å². The van der Waals surface area contributed by atoms with Crippen LogP contribution in [-0.4, -0.2) is 19.6 Å². The highest BCUT2D eigenvalue weighted by atomic mass is 32.2. The van der Waals surface area contributed by atoms with Crippen molar-refractivity contribution < 1.29 is 17.8 Å². The second-order valence-electron chi connectivity index (χ2n) is 6.10. The van der Waals surface area contributed by atoms with Crippen molar-refractivity contribution in [3.63, 3.8) is 0 Å². The number of para-hydroxylation sites is 1. The van der Waals surface area contributed by atoms with E-state index in [2.05, 4.69) is 12.4 Å². The minimum Gasteiger partial charge on any atom is -0.282 e. The number of unbranched alkanes of at least 4 members (excludes halogenated alkanes) is 9. The Bertz CT molecular complexity index is 546. The number of benzene rings is 1. The van der Waals surface area contributed by atoms with Crippen LogP contribution in [0.5, 0.6) is 0 Å². The van der Waals surface area contributed by atoms with Gasteiger partial charge in [-0.15, -0.1) is 0 Å². The molecule has 0 aliphatic rings. The molecule has 138 valence electrons. The van der Waals surface area contributed by atoms with Gasteiger partial charge in [-0.3, -0.25) is 14.9 Å². The molecule has 0 fully saturated rings. The zero-order valence-corrected chi connectivity index (χ0v) is 15.5. The van der Waals surface area contributed by atoms with Gasteiger partial charge in [0.05, 0.1) is 12.3 Å². The summed E-state index contributed by atoms with van der Waals surface area (Å²) in [5, 5.41) is 0. The van der Waals surface area contributed by atoms with E-state index in [4.69, 9.17) is 9.39 Å². The summed E-state index contributed by atoms with van der Waals surface area (Å²) in [6, 6.07) is 6.13. The summed E-state index contributed by atoms with van der Waals surface area (Å²) in [6.07, 6.45) is 12.5. The lowest BCUT2D eigenvalue weighted by Crippen LogP contribution is -2.08. The van der Waals surface area contributed by atoms with Crippen LogP contribution >= 0.6 is 0 Å². The predicted molar refractivity (Wildman–Crippen MR) is 97.7 cm³/mol. The summed E-state index contributed by atoms with van der Waals surface area (Å²) in [5.74, 6) is 0. The Labute approximate surface area is 146 Å². The van der Waals surface area contributed by atoms with Crippen LogP contribution in [0.4, 0.5) is 5.69 Å². The number of nitrogens with one attached hydrogen (secondary N) is 1. The van der Waals surface area contributed by atoms with Crippen LogP contribution < -0.4 is 5.48 Å². The van der Waals surface area contributed by atoms with Crippen LogP contribution in [0.25, 0.3) is 0 Å². The molecule has 1 aromatic rings. The quantitative estimate of drug-likeness (QED) is 0.272. The maximum Gasteiger partial charge on any atom is 0.296 e. The summed E-state index contributed by atoms with van der Waals surface area (Å²) in [6.45, 7) is 2.74. The number of rotatable bonds is 14. The van der Waals surface area contributed by atoms with Crippen molar-refractivity contribution in [3.05, 3.63) is 24.3 Å². The van der Waals surface area contributed by atoms with Gasteiger partial charge in [0, 0.05) is 0 Å². The van der Waals surface area contributed by atoms with Crippen LogP contribution in [0.2, 0.25) is 0 Å². The highest BCUT2D eigenvalue weighted by Crippen LogP contribution is 2.20. The first kappa shape index (κ1) is 20.9. The lowest BCUT2D eigenvalue weighted by Gasteiger charge is -2.10. The molecule has 0 bridgehead atoms. The molecule has 0 spiro atoms. The zero-order valence-electron chi connectivity index (χ0n) is 14.7. The molecule has 0 aliphatic heterocycles. The maximum atomic E-state index is 11.2. The van der Waals surface area contributed by atoms with Crippen LogP contribution in [0.3, 0.4) is 0 Å². The van der Waals surface area contributed by atoms with Gasteiger partial charge in [0.15, 0.2) is 0 Å². The standard InChI is InChI=1S/C18H31NO4S/c1-2-3-4-5-6-7-8-9-10-13-16-23-19-17-14-11-12-15-18(17)24(20,21)22/h11-12,14-15,19H,2-10,13,16H2,1H3,(H,20,21,22). The van der Waals surface area contributed by atoms with Gasteiger partial charge in [-0.25, -0.2) is 0 Å². The van der Waals surface area contributed by atoms with Gasteiger partial charge >= 0.3 is 0 Å². The molecule has 5 nitrogen and oxygen atoms in total. The van der Waals surface area contributed by atoms with Crippen molar-refractivity contribution in [1.82, 2.24) is 0 Å². The summed E-state index contributed by atoms with van der Waals surface area (Å²) in [7, 11) is -4.24. The van der Waals surface area contributed by atoms with Crippen molar-refractivity contribution in [2.45, 2.75) is 76.0 Å². The molecule has 1 rings (SSSR count). The first-order valence-electron chi connectivity index (χ1n) is 9.00. The topological polar surface area (TPSA) is 75.6 Å². The number of hydrogen-bond acceptors (Lipinski definition) is 4. The molecular weight excluding hydrogens is 326 g/mol. The molecule has 2 N–H and O–H groups in total. The molecule has 0 radical (unpaired) electrons. The van der Waals surface area contributed by atoms with E-state index in [9.17, 15) is 8.42 Å². The minimum atomic E-state index is -4.24. The van der Waals surface area contributed by atoms with Crippen LogP contribution in [0.1, 0.15) is 71.1 Å². The summed E-state index contributed by atoms with van der Waals surface area (Å²) < 4.78 is 31.6. The molecule has 0 saturated heterocycles. The van der Waals surface area contributed by atoms with Crippen molar-refractivity contribution in [2.24, 2.45) is 0 Å². The Kier molecular flexibility index (Phi) is 10.7. The molecule has 1 aromatic carbocycles. The van der Waals surface area contributed by atoms with Crippen LogP contribution in [-0.2, 0) is 15.0 Å². The summed E-state index contributed by atoms with van der Waals surface area (Å²) in [5.41, 5.74) is 2.87. The monoisotopic (exact) mass is 357 g/mol. The molecule has 0 amide bonds. The van der Waals surface area contributed by atoms with Gasteiger partial charge in [-0.2, -0.15) is 8.42 Å². The second kappa shape index (κ2) is 12.3. The van der Waals surface area contributed by atoms with Crippen LogP contribution in [0.15, 0.2) is 29.2 Å². The fourth-order valence-corrected chi connectivity index (χ4v) is 3.20. The molecule has 24 heavy (non-hydrogen) atoms. The smallest absolute Gasteiger partial charge is 0.282 e. The number of hydrogen-bond donors (Lipinski definition) is 2. The highest BCUT2D eigenvalue weighted by Gasteiger charge is 2.14. The van der Waals surface area contributed by atoms with E-state index in [1.807, 2.05) is 0 Å². The van der Waals surface area contributed by atoms with E-state index in [-0.39, 0.29) is 10.6 Å². The van der Waals surface area contributed by atoms with Crippen molar-refractivity contribution in [3.8, 4) is 0 Å². The van der Waals surface area contributed by atoms with Gasteiger partial charge in [0.1, 0.15) is 4.90 Å². The first-order chi connectivity index (χ1) is 11.6. The average molecular weight is 358 g/mol. The summed E-state index contributed by atoms with van der Waals surface area (Å²) in [4.78, 5) is 5.13. The normalized spacial score (nSPS) is 11.6. The third-order valence-electron chi connectivity index (χ3n) is 3.95. The second-order valence-corrected chi connectivity index (χ2v) is 7.49. The average Bonchev–Trinajstić information content (AvgIpc) is 2.55. The molecule has 0 heterocycles. The Morgan fingerprint density at radius 3 is 2.04 bits per heavy atom. The van der Waals surface area contributed by atoms with Crippen molar-refractivity contribution in [2.75, 3.05) is 12.1 Å². The fraction of sp³-hybridized carbons (Fsp3) is 0.667. The molecule has 0 atom stereocenters. The third kappa shape index (κ3) is 9.25. The molecule has 6 heteroatoms. The summed E-state index contributed by atoms with van der Waals surface area (Å²) >= 11 is 0. The van der Waals surface area contributed by atoms with E-state index in [0.717, 1.165) is 12.8 Å². The Hall–Kier alpha value is -1.11. The predicted octanol–water partition coefficient (Wildman–Crippen LogP) is 5.20. The maximum absolute atomic E-state index is 11.2. The number of anilines is 1. The van der Waals surface area contributed by atoms with E-state index in [1.54, 1.807) is 18.2 Å². The molecular formula is C18H31NO4S. The van der Waals surface area contributed by atoms with Gasteiger partial charge in [-0.05, 0) is 18.6 Å². The molecule has 0 saturated carbocycles. The first-order valence-corrected chi connectivity index (χ1v) is 10.4. The Morgan fingerprint density at radius 1 is 0.917 bits per heavy atom. The lowest BCUT2D eigenvalue weighted by molar-refractivity contribution is 0.186. The van der Waals surface area contributed by atoms with Gasteiger partial charge < -0.3 is 0 Å². The van der Waals surface area contributed by atoms with Crippen LogP contribution in [0, 0.1) is 0 Å². The lowest BCUT2D eigenvalue weighted by atomic mass is 10.1. The molecule has 0 aromatic heterocycles.